The molecular weight excluding hydrogens is 254 g/mol. The molecule has 6 nitrogen and oxygen atoms in total. The third kappa shape index (κ3) is 3.14. The van der Waals surface area contributed by atoms with Crippen LogP contribution < -0.4 is 5.32 Å². The fraction of sp³-hybridized carbons (Fsp3) is 0.500. The van der Waals surface area contributed by atoms with E-state index in [0.29, 0.717) is 0 Å². The van der Waals surface area contributed by atoms with E-state index in [9.17, 15) is 5.11 Å². The normalized spacial score (nSPS) is 14.0. The lowest BCUT2D eigenvalue weighted by Gasteiger charge is -2.26. The van der Waals surface area contributed by atoms with Crippen LogP contribution in [0.2, 0.25) is 0 Å². The van der Waals surface area contributed by atoms with Crippen molar-refractivity contribution in [2.75, 3.05) is 18.5 Å². The molecule has 1 aromatic carbocycles. The smallest absolute Gasteiger partial charge is 0.181 e. The van der Waals surface area contributed by atoms with Crippen LogP contribution in [0.15, 0.2) is 24.3 Å². The zero-order chi connectivity index (χ0) is 14.6. The Morgan fingerprint density at radius 3 is 2.80 bits per heavy atom. The van der Waals surface area contributed by atoms with Gasteiger partial charge in [0.2, 0.25) is 0 Å². The first-order valence-electron chi connectivity index (χ1n) is 6.75. The van der Waals surface area contributed by atoms with Gasteiger partial charge in [0.05, 0.1) is 6.61 Å². The molecule has 2 aromatic rings. The number of aryl methyl sites for hydroxylation is 1. The van der Waals surface area contributed by atoms with Crippen molar-refractivity contribution >= 4 is 5.69 Å². The first kappa shape index (κ1) is 14.5. The number of nitrogens with zero attached hydrogens (tertiary/aromatic N) is 4. The molecule has 1 atom stereocenters. The topological polar surface area (TPSA) is 75.9 Å². The Bertz CT molecular complexity index is 562. The summed E-state index contributed by atoms with van der Waals surface area (Å²) < 4.78 is 1.64. The molecule has 6 heteroatoms. The summed E-state index contributed by atoms with van der Waals surface area (Å²) in [4.78, 5) is 0. The lowest BCUT2D eigenvalue weighted by atomic mass is 9.88. The summed E-state index contributed by atoms with van der Waals surface area (Å²) in [5.74, 6) is 0.731. The molecule has 2 rings (SSSR count). The lowest BCUT2D eigenvalue weighted by molar-refractivity contribution is 0.149. The molecule has 0 aliphatic rings. The SMILES string of the molecule is CCC(C)(CO)CNc1cccc(-c2nnnn2C)c1. The minimum atomic E-state index is -0.109. The summed E-state index contributed by atoms with van der Waals surface area (Å²) in [6.07, 6.45) is 0.920. The van der Waals surface area contributed by atoms with E-state index >= 15 is 0 Å². The van der Waals surface area contributed by atoms with Crippen molar-refractivity contribution in [2.45, 2.75) is 20.3 Å². The largest absolute Gasteiger partial charge is 0.396 e. The van der Waals surface area contributed by atoms with Crippen molar-refractivity contribution < 1.29 is 5.11 Å². The molecule has 0 bridgehead atoms. The van der Waals surface area contributed by atoms with E-state index in [-0.39, 0.29) is 12.0 Å². The quantitative estimate of drug-likeness (QED) is 0.839. The maximum Gasteiger partial charge on any atom is 0.181 e. The highest BCUT2D eigenvalue weighted by Gasteiger charge is 2.20. The van der Waals surface area contributed by atoms with Gasteiger partial charge >= 0.3 is 0 Å². The van der Waals surface area contributed by atoms with E-state index in [2.05, 4.69) is 34.7 Å². The molecule has 1 unspecified atom stereocenters. The van der Waals surface area contributed by atoms with Gasteiger partial charge in [0, 0.05) is 30.3 Å². The van der Waals surface area contributed by atoms with Crippen molar-refractivity contribution in [3.8, 4) is 11.4 Å². The van der Waals surface area contributed by atoms with Gasteiger partial charge in [-0.15, -0.1) is 5.10 Å². The number of benzene rings is 1. The lowest BCUT2D eigenvalue weighted by Crippen LogP contribution is -2.29. The number of nitrogens with one attached hydrogen (secondary N) is 1. The highest BCUT2D eigenvalue weighted by Crippen LogP contribution is 2.23. The summed E-state index contributed by atoms with van der Waals surface area (Å²) in [7, 11) is 1.81. The molecule has 0 amide bonds. The van der Waals surface area contributed by atoms with E-state index in [1.807, 2.05) is 31.3 Å². The first-order valence-corrected chi connectivity index (χ1v) is 6.75. The number of hydrogen-bond donors (Lipinski definition) is 2. The van der Waals surface area contributed by atoms with Crippen molar-refractivity contribution in [1.29, 1.82) is 0 Å². The molecule has 0 fully saturated rings. The molecule has 0 spiro atoms. The molecule has 0 aliphatic carbocycles. The van der Waals surface area contributed by atoms with Crippen LogP contribution in [0.3, 0.4) is 0 Å². The van der Waals surface area contributed by atoms with Gasteiger partial charge in [0.15, 0.2) is 5.82 Å². The summed E-state index contributed by atoms with van der Waals surface area (Å²) in [5, 5.41) is 24.3. The van der Waals surface area contributed by atoms with E-state index in [0.717, 1.165) is 30.0 Å². The van der Waals surface area contributed by atoms with Crippen LogP contribution in [0.5, 0.6) is 0 Å². The maximum absolute atomic E-state index is 9.43. The molecular formula is C14H21N5O. The molecule has 0 aliphatic heterocycles. The second kappa shape index (κ2) is 6.00. The van der Waals surface area contributed by atoms with Crippen molar-refractivity contribution in [2.24, 2.45) is 12.5 Å². The Labute approximate surface area is 118 Å². The van der Waals surface area contributed by atoms with Crippen molar-refractivity contribution in [1.82, 2.24) is 20.2 Å². The van der Waals surface area contributed by atoms with Crippen molar-refractivity contribution in [3.05, 3.63) is 24.3 Å². The number of tetrazole rings is 1. The first-order chi connectivity index (χ1) is 9.58. The van der Waals surface area contributed by atoms with Crippen LogP contribution >= 0.6 is 0 Å². The summed E-state index contributed by atoms with van der Waals surface area (Å²) in [6, 6.07) is 7.95. The zero-order valence-corrected chi connectivity index (χ0v) is 12.2. The van der Waals surface area contributed by atoms with E-state index in [1.165, 1.54) is 0 Å². The number of anilines is 1. The van der Waals surface area contributed by atoms with Gasteiger partial charge in [0.25, 0.3) is 0 Å². The monoisotopic (exact) mass is 275 g/mol. The predicted octanol–water partition coefficient (Wildman–Crippen LogP) is 1.70. The molecule has 2 N–H and O–H groups in total. The number of aromatic nitrogens is 4. The molecule has 1 aromatic heterocycles. The molecule has 0 radical (unpaired) electrons. The minimum Gasteiger partial charge on any atom is -0.396 e. The van der Waals surface area contributed by atoms with Crippen LogP contribution in [0.4, 0.5) is 5.69 Å². The molecule has 0 saturated heterocycles. The standard InChI is InChI=1S/C14H21N5O/c1-4-14(2,10-20)9-15-12-7-5-6-11(8-12)13-16-17-18-19(13)3/h5-8,15,20H,4,9-10H2,1-3H3. The number of aliphatic hydroxyl groups excluding tert-OH is 1. The average molecular weight is 275 g/mol. The Hall–Kier alpha value is -1.95. The Morgan fingerprint density at radius 2 is 2.20 bits per heavy atom. The van der Waals surface area contributed by atoms with Gasteiger partial charge in [-0.25, -0.2) is 4.68 Å². The molecule has 0 saturated carbocycles. The third-order valence-corrected chi connectivity index (χ3v) is 3.70. The molecule has 1 heterocycles. The average Bonchev–Trinajstić information content (AvgIpc) is 2.91. The van der Waals surface area contributed by atoms with Gasteiger partial charge in [-0.2, -0.15) is 0 Å². The second-order valence-corrected chi connectivity index (χ2v) is 5.38. The van der Waals surface area contributed by atoms with Crippen LogP contribution in [-0.2, 0) is 7.05 Å². The van der Waals surface area contributed by atoms with E-state index in [1.54, 1.807) is 4.68 Å². The maximum atomic E-state index is 9.43. The molecule has 20 heavy (non-hydrogen) atoms. The van der Waals surface area contributed by atoms with Crippen molar-refractivity contribution in [3.63, 3.8) is 0 Å². The van der Waals surface area contributed by atoms with Crippen LogP contribution in [-0.4, -0.2) is 38.5 Å². The van der Waals surface area contributed by atoms with Gasteiger partial charge < -0.3 is 10.4 Å². The molecule has 108 valence electrons. The zero-order valence-electron chi connectivity index (χ0n) is 12.2. The third-order valence-electron chi connectivity index (χ3n) is 3.70. The van der Waals surface area contributed by atoms with Crippen LogP contribution in [0.25, 0.3) is 11.4 Å². The van der Waals surface area contributed by atoms with Gasteiger partial charge in [-0.05, 0) is 29.0 Å². The Kier molecular flexibility index (Phi) is 4.34. The van der Waals surface area contributed by atoms with Gasteiger partial charge in [-0.1, -0.05) is 26.0 Å². The van der Waals surface area contributed by atoms with Crippen LogP contribution in [0.1, 0.15) is 20.3 Å². The second-order valence-electron chi connectivity index (χ2n) is 5.38. The fourth-order valence-corrected chi connectivity index (χ4v) is 1.85. The fourth-order valence-electron chi connectivity index (χ4n) is 1.85. The van der Waals surface area contributed by atoms with E-state index < -0.39 is 0 Å². The number of hydrogen-bond acceptors (Lipinski definition) is 5. The van der Waals surface area contributed by atoms with Gasteiger partial charge in [-0.3, -0.25) is 0 Å². The van der Waals surface area contributed by atoms with E-state index in [4.69, 9.17) is 0 Å². The Balaban J connectivity index is 2.13. The highest BCUT2D eigenvalue weighted by atomic mass is 16.3. The van der Waals surface area contributed by atoms with Crippen LogP contribution in [0, 0.1) is 5.41 Å². The Morgan fingerprint density at radius 1 is 1.40 bits per heavy atom. The summed E-state index contributed by atoms with van der Waals surface area (Å²) >= 11 is 0. The number of aliphatic hydroxyl groups is 1. The predicted molar refractivity (Wildman–Crippen MR) is 78.2 cm³/mol. The summed E-state index contributed by atoms with van der Waals surface area (Å²) in [5.41, 5.74) is 1.85. The van der Waals surface area contributed by atoms with Gasteiger partial charge in [0.1, 0.15) is 0 Å². The minimum absolute atomic E-state index is 0.109. The summed E-state index contributed by atoms with van der Waals surface area (Å²) in [6.45, 7) is 5.04. The highest BCUT2D eigenvalue weighted by molar-refractivity contribution is 5.62. The number of rotatable bonds is 6.